The minimum absolute atomic E-state index is 0.242. The van der Waals surface area contributed by atoms with Gasteiger partial charge in [-0.25, -0.2) is 0 Å². The second-order valence-corrected chi connectivity index (χ2v) is 3.50. The Bertz CT molecular complexity index is 109. The van der Waals surface area contributed by atoms with E-state index >= 15 is 0 Å². The van der Waals surface area contributed by atoms with Crippen LogP contribution < -0.4 is 5.32 Å². The Balaban J connectivity index is 2.12. The summed E-state index contributed by atoms with van der Waals surface area (Å²) >= 11 is 0. The Hall–Kier alpha value is -0.120. The quantitative estimate of drug-likeness (QED) is 0.654. The topological polar surface area (TPSA) is 41.5 Å². The van der Waals surface area contributed by atoms with Crippen LogP contribution >= 0.6 is 0 Å². The number of hydrogen-bond acceptors (Lipinski definition) is 3. The van der Waals surface area contributed by atoms with E-state index in [1.165, 1.54) is 6.42 Å². The van der Waals surface area contributed by atoms with Gasteiger partial charge in [-0.3, -0.25) is 0 Å². The van der Waals surface area contributed by atoms with Gasteiger partial charge in [-0.05, 0) is 26.2 Å². The van der Waals surface area contributed by atoms with Crippen molar-refractivity contribution in [2.75, 3.05) is 19.8 Å². The van der Waals surface area contributed by atoms with Gasteiger partial charge in [0.1, 0.15) is 0 Å². The minimum atomic E-state index is -0.242. The van der Waals surface area contributed by atoms with Crippen molar-refractivity contribution in [3.63, 3.8) is 0 Å². The molecule has 0 bridgehead atoms. The lowest BCUT2D eigenvalue weighted by atomic mass is 10.1. The highest BCUT2D eigenvalue weighted by molar-refractivity contribution is 4.70. The van der Waals surface area contributed by atoms with E-state index in [1.807, 2.05) is 0 Å². The van der Waals surface area contributed by atoms with Crippen molar-refractivity contribution >= 4 is 0 Å². The van der Waals surface area contributed by atoms with Crippen LogP contribution in [-0.4, -0.2) is 37.0 Å². The molecule has 1 saturated heterocycles. The van der Waals surface area contributed by atoms with E-state index in [1.54, 1.807) is 6.92 Å². The van der Waals surface area contributed by atoms with Gasteiger partial charge < -0.3 is 15.2 Å². The molecular formula is C9H19NO2. The third-order valence-electron chi connectivity index (χ3n) is 2.15. The number of aliphatic hydroxyl groups is 1. The molecule has 0 saturated carbocycles. The molecule has 0 amide bonds. The molecule has 2 atom stereocenters. The first-order valence-electron chi connectivity index (χ1n) is 4.78. The summed E-state index contributed by atoms with van der Waals surface area (Å²) < 4.78 is 5.33. The number of rotatable bonds is 3. The van der Waals surface area contributed by atoms with Crippen LogP contribution in [0.5, 0.6) is 0 Å². The maximum atomic E-state index is 9.06. The molecule has 3 nitrogen and oxygen atoms in total. The van der Waals surface area contributed by atoms with Gasteiger partial charge in [0.15, 0.2) is 0 Å². The third kappa shape index (κ3) is 4.04. The van der Waals surface area contributed by atoms with Crippen LogP contribution in [0.15, 0.2) is 0 Å². The van der Waals surface area contributed by atoms with Crippen LogP contribution in [0.2, 0.25) is 0 Å². The van der Waals surface area contributed by atoms with E-state index in [2.05, 4.69) is 5.32 Å². The predicted molar refractivity (Wildman–Crippen MR) is 48.1 cm³/mol. The second-order valence-electron chi connectivity index (χ2n) is 3.50. The van der Waals surface area contributed by atoms with Crippen LogP contribution in [0, 0.1) is 0 Å². The first-order chi connectivity index (χ1) is 5.79. The zero-order chi connectivity index (χ0) is 8.81. The molecule has 0 aromatic heterocycles. The van der Waals surface area contributed by atoms with Gasteiger partial charge >= 0.3 is 0 Å². The normalized spacial score (nSPS) is 28.0. The van der Waals surface area contributed by atoms with Crippen molar-refractivity contribution in [3.8, 4) is 0 Å². The molecule has 1 rings (SSSR count). The molecule has 1 heterocycles. The molecule has 2 unspecified atom stereocenters. The molecule has 2 N–H and O–H groups in total. The predicted octanol–water partition coefficient (Wildman–Crippen LogP) is 0.526. The highest BCUT2D eigenvalue weighted by atomic mass is 16.5. The highest BCUT2D eigenvalue weighted by Crippen LogP contribution is 2.07. The monoisotopic (exact) mass is 173 g/mol. The summed E-state index contributed by atoms with van der Waals surface area (Å²) in [6.45, 7) is 4.26. The average Bonchev–Trinajstić information content (AvgIpc) is 2.28. The van der Waals surface area contributed by atoms with Gasteiger partial charge in [-0.2, -0.15) is 0 Å². The second kappa shape index (κ2) is 5.51. The molecule has 12 heavy (non-hydrogen) atoms. The highest BCUT2D eigenvalue weighted by Gasteiger charge is 2.11. The van der Waals surface area contributed by atoms with E-state index in [0.29, 0.717) is 12.6 Å². The van der Waals surface area contributed by atoms with Crippen molar-refractivity contribution in [1.82, 2.24) is 5.32 Å². The Morgan fingerprint density at radius 2 is 2.33 bits per heavy atom. The fourth-order valence-electron chi connectivity index (χ4n) is 1.45. The van der Waals surface area contributed by atoms with Crippen molar-refractivity contribution in [2.45, 2.75) is 38.3 Å². The third-order valence-corrected chi connectivity index (χ3v) is 2.15. The molecule has 1 aliphatic rings. The summed E-state index contributed by atoms with van der Waals surface area (Å²) in [6, 6.07) is 0.544. The maximum Gasteiger partial charge on any atom is 0.0636 e. The smallest absolute Gasteiger partial charge is 0.0636 e. The van der Waals surface area contributed by atoms with Gasteiger partial charge in [-0.1, -0.05) is 0 Å². The SMILES string of the molecule is CC(O)CNC1CCCOCC1. The fraction of sp³-hybridized carbons (Fsp3) is 1.00. The van der Waals surface area contributed by atoms with E-state index < -0.39 is 0 Å². The van der Waals surface area contributed by atoms with Crippen LogP contribution in [0.25, 0.3) is 0 Å². The standard InChI is InChI=1S/C9H19NO2/c1-8(11)7-10-9-3-2-5-12-6-4-9/h8-11H,2-7H2,1H3. The van der Waals surface area contributed by atoms with Crippen molar-refractivity contribution < 1.29 is 9.84 Å². The minimum Gasteiger partial charge on any atom is -0.392 e. The molecule has 0 aromatic carbocycles. The zero-order valence-electron chi connectivity index (χ0n) is 7.75. The van der Waals surface area contributed by atoms with E-state index in [9.17, 15) is 0 Å². The van der Waals surface area contributed by atoms with Crippen LogP contribution in [0.3, 0.4) is 0 Å². The van der Waals surface area contributed by atoms with Crippen molar-refractivity contribution in [3.05, 3.63) is 0 Å². The maximum absolute atomic E-state index is 9.06. The summed E-state index contributed by atoms with van der Waals surface area (Å²) in [5, 5.41) is 12.4. The number of nitrogens with one attached hydrogen (secondary N) is 1. The van der Waals surface area contributed by atoms with Gasteiger partial charge in [0.2, 0.25) is 0 Å². The summed E-state index contributed by atoms with van der Waals surface area (Å²) in [7, 11) is 0. The lowest BCUT2D eigenvalue weighted by Gasteiger charge is -2.16. The van der Waals surface area contributed by atoms with Crippen LogP contribution in [-0.2, 0) is 4.74 Å². The van der Waals surface area contributed by atoms with Gasteiger partial charge in [0.25, 0.3) is 0 Å². The zero-order valence-corrected chi connectivity index (χ0v) is 7.75. The average molecular weight is 173 g/mol. The molecule has 0 aliphatic carbocycles. The lowest BCUT2D eigenvalue weighted by molar-refractivity contribution is 0.141. The number of hydrogen-bond donors (Lipinski definition) is 2. The van der Waals surface area contributed by atoms with Crippen LogP contribution in [0.1, 0.15) is 26.2 Å². The first kappa shape index (κ1) is 9.96. The number of aliphatic hydroxyl groups excluding tert-OH is 1. The molecule has 1 fully saturated rings. The van der Waals surface area contributed by atoms with Gasteiger partial charge in [-0.15, -0.1) is 0 Å². The van der Waals surface area contributed by atoms with E-state index in [0.717, 1.165) is 26.1 Å². The summed E-state index contributed by atoms with van der Waals surface area (Å²) in [5.41, 5.74) is 0. The van der Waals surface area contributed by atoms with E-state index in [4.69, 9.17) is 9.84 Å². The summed E-state index contributed by atoms with van der Waals surface area (Å²) in [5.74, 6) is 0. The first-order valence-corrected chi connectivity index (χ1v) is 4.78. The fourth-order valence-corrected chi connectivity index (χ4v) is 1.45. The Kier molecular flexibility index (Phi) is 4.58. The summed E-state index contributed by atoms with van der Waals surface area (Å²) in [6.07, 6.45) is 3.14. The van der Waals surface area contributed by atoms with Gasteiger partial charge in [0.05, 0.1) is 6.10 Å². The van der Waals surface area contributed by atoms with Crippen molar-refractivity contribution in [1.29, 1.82) is 0 Å². The Morgan fingerprint density at radius 3 is 3.08 bits per heavy atom. The lowest BCUT2D eigenvalue weighted by Crippen LogP contribution is -2.34. The Labute approximate surface area is 74.1 Å². The summed E-state index contributed by atoms with van der Waals surface area (Å²) in [4.78, 5) is 0. The largest absolute Gasteiger partial charge is 0.392 e. The number of ether oxygens (including phenoxy) is 1. The van der Waals surface area contributed by atoms with Crippen LogP contribution in [0.4, 0.5) is 0 Å². The van der Waals surface area contributed by atoms with Gasteiger partial charge in [0, 0.05) is 25.8 Å². The van der Waals surface area contributed by atoms with Crippen molar-refractivity contribution in [2.24, 2.45) is 0 Å². The molecular weight excluding hydrogens is 154 g/mol. The molecule has 3 heteroatoms. The molecule has 0 radical (unpaired) electrons. The van der Waals surface area contributed by atoms with E-state index in [-0.39, 0.29) is 6.10 Å². The molecule has 72 valence electrons. The molecule has 0 spiro atoms. The molecule has 0 aromatic rings. The molecule has 1 aliphatic heterocycles. The Morgan fingerprint density at radius 1 is 1.50 bits per heavy atom.